The van der Waals surface area contributed by atoms with Crippen molar-refractivity contribution < 1.29 is 24.5 Å². The van der Waals surface area contributed by atoms with E-state index in [0.717, 1.165) is 42.7 Å². The van der Waals surface area contributed by atoms with Crippen LogP contribution in [-0.2, 0) is 21.6 Å². The lowest BCUT2D eigenvalue weighted by Crippen LogP contribution is -2.47. The summed E-state index contributed by atoms with van der Waals surface area (Å²) in [6.07, 6.45) is 5.41. The molecule has 8 rings (SSSR count). The van der Waals surface area contributed by atoms with E-state index < -0.39 is 11.6 Å². The summed E-state index contributed by atoms with van der Waals surface area (Å²) in [6, 6.07) is 27.3. The third kappa shape index (κ3) is 5.13. The zero-order valence-corrected chi connectivity index (χ0v) is 27.3. The van der Waals surface area contributed by atoms with E-state index >= 15 is 0 Å². The van der Waals surface area contributed by atoms with Gasteiger partial charge in [0.2, 0.25) is 5.91 Å². The van der Waals surface area contributed by atoms with Crippen molar-refractivity contribution >= 4 is 28.4 Å². The summed E-state index contributed by atoms with van der Waals surface area (Å²) < 4.78 is 5.87. The van der Waals surface area contributed by atoms with Crippen LogP contribution in [0.25, 0.3) is 16.5 Å². The van der Waals surface area contributed by atoms with Crippen LogP contribution in [0, 0.1) is 5.92 Å². The van der Waals surface area contributed by atoms with E-state index in [2.05, 4.69) is 61.3 Å². The number of aromatic amines is 1. The Morgan fingerprint density at radius 1 is 0.896 bits per heavy atom. The highest BCUT2D eigenvalue weighted by atomic mass is 16.6. The maximum absolute atomic E-state index is 12.9. The Morgan fingerprint density at radius 3 is 2.17 bits per heavy atom. The quantitative estimate of drug-likeness (QED) is 0.190. The second-order valence-electron chi connectivity index (χ2n) is 12.7. The van der Waals surface area contributed by atoms with Crippen molar-refractivity contribution in [1.82, 2.24) is 14.8 Å². The summed E-state index contributed by atoms with van der Waals surface area (Å²) in [5.41, 5.74) is 6.81. The van der Waals surface area contributed by atoms with Crippen LogP contribution in [0.1, 0.15) is 52.0 Å². The molecule has 8 nitrogen and oxygen atoms in total. The molecule has 1 amide bonds. The van der Waals surface area contributed by atoms with Crippen molar-refractivity contribution in [1.29, 1.82) is 0 Å². The first-order chi connectivity index (χ1) is 23.2. The molecule has 0 saturated heterocycles. The minimum Gasteiger partial charge on any atom is -0.508 e. The molecule has 2 aliphatic heterocycles. The van der Waals surface area contributed by atoms with Gasteiger partial charge in [0, 0.05) is 59.5 Å². The highest BCUT2D eigenvalue weighted by Gasteiger charge is 2.48. The van der Waals surface area contributed by atoms with Crippen LogP contribution in [0.15, 0.2) is 103 Å². The summed E-state index contributed by atoms with van der Waals surface area (Å²) in [6.45, 7) is 6.47. The number of hydrogen-bond acceptors (Lipinski definition) is 6. The zero-order chi connectivity index (χ0) is 33.6. The summed E-state index contributed by atoms with van der Waals surface area (Å²) in [5.74, 6) is 0.0860. The van der Waals surface area contributed by atoms with E-state index in [1.165, 1.54) is 27.6 Å². The molecule has 3 aliphatic rings. The number of carbonyl (C=O) groups is 2. The van der Waals surface area contributed by atoms with Crippen molar-refractivity contribution in [2.45, 2.75) is 31.9 Å². The first-order valence-corrected chi connectivity index (χ1v) is 16.5. The van der Waals surface area contributed by atoms with Gasteiger partial charge < -0.3 is 24.8 Å². The first kappa shape index (κ1) is 31.3. The Hall–Kier alpha value is -5.34. The maximum atomic E-state index is 12.9. The Bertz CT molecular complexity index is 1980. The molecular weight excluding hydrogens is 602 g/mol. The smallest absolute Gasteiger partial charge is 0.340 e. The lowest BCUT2D eigenvalue weighted by molar-refractivity contribution is -0.134. The number of phenolic OH excluding ortho intramolecular Hbond substituents is 2. The lowest BCUT2D eigenvalue weighted by Gasteiger charge is -2.40. The van der Waals surface area contributed by atoms with Gasteiger partial charge in [0.05, 0.1) is 11.5 Å². The van der Waals surface area contributed by atoms with Crippen molar-refractivity contribution in [3.05, 3.63) is 137 Å². The normalized spacial score (nSPS) is 19.0. The van der Waals surface area contributed by atoms with Gasteiger partial charge in [-0.15, -0.1) is 0 Å². The number of benzene rings is 4. The van der Waals surface area contributed by atoms with E-state index in [0.29, 0.717) is 11.6 Å². The van der Waals surface area contributed by atoms with Crippen molar-refractivity contribution in [3.63, 3.8) is 0 Å². The molecular formula is C40H39N3O5. The van der Waals surface area contributed by atoms with Gasteiger partial charge in [0.1, 0.15) is 11.5 Å². The number of H-pyrrole nitrogens is 1. The lowest BCUT2D eigenvalue weighted by atomic mass is 9.79. The number of aromatic nitrogens is 1. The number of aromatic hydroxyl groups is 2. The Balaban J connectivity index is 0.000000152. The van der Waals surface area contributed by atoms with Crippen LogP contribution in [0.5, 0.6) is 11.5 Å². The van der Waals surface area contributed by atoms with Crippen LogP contribution in [0.4, 0.5) is 0 Å². The SMILES string of the molecule is CCN(CC)C(=O)[C@@H]1C=C2c3cccc4[nH]cc(c34)C[C@H]2N(C)C1.O=C1OC(c2ccc(O)cc2)(c2ccc(O)cc2)c2ccccc21. The van der Waals surface area contributed by atoms with Gasteiger partial charge in [-0.25, -0.2) is 4.79 Å². The second kappa shape index (κ2) is 12.4. The predicted octanol–water partition coefficient (Wildman–Crippen LogP) is 6.47. The second-order valence-corrected chi connectivity index (χ2v) is 12.7. The largest absolute Gasteiger partial charge is 0.508 e. The molecule has 48 heavy (non-hydrogen) atoms. The Morgan fingerprint density at radius 2 is 1.52 bits per heavy atom. The van der Waals surface area contributed by atoms with Gasteiger partial charge in [0.25, 0.3) is 0 Å². The highest BCUT2D eigenvalue weighted by Crippen LogP contribution is 2.47. The molecule has 0 fully saturated rings. The van der Waals surface area contributed by atoms with E-state index in [4.69, 9.17) is 4.74 Å². The van der Waals surface area contributed by atoms with Crippen molar-refractivity contribution in [3.8, 4) is 11.5 Å². The maximum Gasteiger partial charge on any atom is 0.340 e. The molecule has 1 aliphatic carbocycles. The molecule has 244 valence electrons. The average molecular weight is 642 g/mol. The van der Waals surface area contributed by atoms with Crippen LogP contribution >= 0.6 is 0 Å². The fraction of sp³-hybridized carbons (Fsp3) is 0.250. The predicted molar refractivity (Wildman–Crippen MR) is 186 cm³/mol. The van der Waals surface area contributed by atoms with Crippen molar-refractivity contribution in [2.75, 3.05) is 26.7 Å². The van der Waals surface area contributed by atoms with E-state index in [1.54, 1.807) is 60.7 Å². The average Bonchev–Trinajstić information content (AvgIpc) is 3.66. The molecule has 0 bridgehead atoms. The number of ether oxygens (including phenoxy) is 1. The summed E-state index contributed by atoms with van der Waals surface area (Å²) in [7, 11) is 2.15. The molecule has 3 heterocycles. The molecule has 3 N–H and O–H groups in total. The number of phenols is 2. The van der Waals surface area contributed by atoms with Crippen LogP contribution in [0.3, 0.4) is 0 Å². The number of likely N-dealkylation sites (N-methyl/N-ethyl adjacent to an activating group) is 1. The van der Waals surface area contributed by atoms with Gasteiger partial charge in [-0.2, -0.15) is 0 Å². The standard InChI is InChI=1S/C20H25N3O.C20H14O4/c1-4-23(5-2)20(24)14-9-16-15-7-6-8-17-19(15)13(11-21-17)10-18(16)22(3)12-14;21-15-9-5-13(6-10-15)20(14-7-11-16(22)12-8-14)18-4-2-1-3-17(18)19(23)24-20/h6-9,11,14,18,21H,4-5,10,12H2,1-3H3;1-12,21-22H/t14-,18-;/m1./s1. The molecule has 5 aromatic rings. The number of carbonyl (C=O) groups excluding carboxylic acids is 2. The van der Waals surface area contributed by atoms with Crippen LogP contribution < -0.4 is 0 Å². The topological polar surface area (TPSA) is 106 Å². The Kier molecular flexibility index (Phi) is 8.05. The molecule has 8 heteroatoms. The molecule has 1 aromatic heterocycles. The third-order valence-corrected chi connectivity index (χ3v) is 9.98. The summed E-state index contributed by atoms with van der Waals surface area (Å²) >= 11 is 0. The molecule has 2 atom stereocenters. The molecule has 0 spiro atoms. The van der Waals surface area contributed by atoms with Gasteiger partial charge in [-0.1, -0.05) is 60.7 Å². The monoisotopic (exact) mass is 641 g/mol. The minimum atomic E-state index is -1.10. The summed E-state index contributed by atoms with van der Waals surface area (Å²) in [5, 5.41) is 20.5. The van der Waals surface area contributed by atoms with Gasteiger partial charge in [-0.05, 0) is 80.4 Å². The van der Waals surface area contributed by atoms with Gasteiger partial charge in [0.15, 0.2) is 5.60 Å². The number of nitrogens with zero attached hydrogens (tertiary/aromatic N) is 2. The van der Waals surface area contributed by atoms with Gasteiger partial charge in [-0.3, -0.25) is 9.69 Å². The fourth-order valence-electron chi connectivity index (χ4n) is 7.58. The summed E-state index contributed by atoms with van der Waals surface area (Å²) in [4.78, 5) is 33.0. The number of rotatable bonds is 5. The molecule has 0 saturated carbocycles. The molecule has 4 aromatic carbocycles. The highest BCUT2D eigenvalue weighted by molar-refractivity contribution is 5.99. The molecule has 0 radical (unpaired) electrons. The van der Waals surface area contributed by atoms with Crippen LogP contribution in [0.2, 0.25) is 0 Å². The fourth-order valence-corrected chi connectivity index (χ4v) is 7.58. The van der Waals surface area contributed by atoms with E-state index in [-0.39, 0.29) is 23.3 Å². The number of amides is 1. The third-order valence-electron chi connectivity index (χ3n) is 9.98. The molecule has 0 unspecified atom stereocenters. The number of fused-ring (bicyclic) bond motifs is 3. The number of hydrogen-bond donors (Lipinski definition) is 3. The van der Waals surface area contributed by atoms with E-state index in [9.17, 15) is 19.8 Å². The Labute approximate surface area is 279 Å². The zero-order valence-electron chi connectivity index (χ0n) is 27.3. The number of nitrogens with one attached hydrogen (secondary N) is 1. The van der Waals surface area contributed by atoms with Crippen molar-refractivity contribution in [2.24, 2.45) is 5.92 Å². The minimum absolute atomic E-state index is 0.0445. The van der Waals surface area contributed by atoms with Gasteiger partial charge >= 0.3 is 5.97 Å². The number of cyclic esters (lactones) is 1. The van der Waals surface area contributed by atoms with E-state index in [1.807, 2.05) is 17.0 Å². The number of esters is 1. The van der Waals surface area contributed by atoms with Crippen LogP contribution in [-0.4, -0.2) is 69.6 Å². The first-order valence-electron chi connectivity index (χ1n) is 16.5.